The third kappa shape index (κ3) is 2.10. The Hall–Kier alpha value is -2.24. The van der Waals surface area contributed by atoms with Gasteiger partial charge in [0.15, 0.2) is 0 Å². The van der Waals surface area contributed by atoms with Crippen molar-refractivity contribution in [1.82, 2.24) is 10.2 Å². The van der Waals surface area contributed by atoms with Gasteiger partial charge >= 0.3 is 6.03 Å². The van der Waals surface area contributed by atoms with Crippen LogP contribution in [0.15, 0.2) is 12.1 Å². The molecule has 1 aromatic rings. The first-order chi connectivity index (χ1) is 12.3. The number of fused-ring (bicyclic) bond motifs is 2. The monoisotopic (exact) mass is 356 g/mol. The van der Waals surface area contributed by atoms with Gasteiger partial charge < -0.3 is 14.8 Å². The second-order valence-corrected chi connectivity index (χ2v) is 8.75. The van der Waals surface area contributed by atoms with Crippen LogP contribution in [0.1, 0.15) is 50.7 Å². The minimum atomic E-state index is -0.809. The lowest BCUT2D eigenvalue weighted by atomic mass is 9.87. The van der Waals surface area contributed by atoms with Crippen molar-refractivity contribution in [3.63, 3.8) is 0 Å². The number of ether oxygens (including phenoxy) is 2. The lowest BCUT2D eigenvalue weighted by molar-refractivity contribution is -0.134. The quantitative estimate of drug-likeness (QED) is 0.846. The third-order valence-corrected chi connectivity index (χ3v) is 6.31. The van der Waals surface area contributed by atoms with Crippen LogP contribution in [-0.2, 0) is 10.2 Å². The number of hydrogen-bond donors (Lipinski definition) is 1. The van der Waals surface area contributed by atoms with Gasteiger partial charge in [-0.3, -0.25) is 9.69 Å². The van der Waals surface area contributed by atoms with Gasteiger partial charge in [-0.05, 0) is 45.2 Å². The van der Waals surface area contributed by atoms with Gasteiger partial charge in [0, 0.05) is 29.9 Å². The fraction of sp³-hybridized carbons (Fsp3) is 0.600. The molecule has 2 aliphatic carbocycles. The van der Waals surface area contributed by atoms with Crippen molar-refractivity contribution < 1.29 is 19.1 Å². The summed E-state index contributed by atoms with van der Waals surface area (Å²) in [7, 11) is 0. The molecular formula is C20H24N2O4. The molecule has 3 fully saturated rings. The Bertz CT molecular complexity index is 821. The van der Waals surface area contributed by atoms with Crippen molar-refractivity contribution in [2.24, 2.45) is 0 Å². The second kappa shape index (κ2) is 4.93. The van der Waals surface area contributed by atoms with Gasteiger partial charge in [-0.25, -0.2) is 4.79 Å². The van der Waals surface area contributed by atoms with Crippen LogP contribution in [0, 0.1) is 6.92 Å². The molecule has 1 spiro atoms. The predicted molar refractivity (Wildman–Crippen MR) is 94.5 cm³/mol. The van der Waals surface area contributed by atoms with Gasteiger partial charge in [-0.1, -0.05) is 6.07 Å². The van der Waals surface area contributed by atoms with E-state index in [9.17, 15) is 9.59 Å². The molecular weight excluding hydrogens is 332 g/mol. The summed E-state index contributed by atoms with van der Waals surface area (Å²) in [5.41, 5.74) is 1.74. The summed E-state index contributed by atoms with van der Waals surface area (Å²) in [6, 6.07) is 3.74. The fourth-order valence-corrected chi connectivity index (χ4v) is 4.41. The summed E-state index contributed by atoms with van der Waals surface area (Å²) in [6.45, 7) is 6.31. The molecule has 4 aliphatic rings. The Morgan fingerprint density at radius 2 is 1.96 bits per heavy atom. The molecule has 138 valence electrons. The zero-order valence-electron chi connectivity index (χ0n) is 15.4. The molecule has 2 saturated carbocycles. The molecule has 5 rings (SSSR count). The van der Waals surface area contributed by atoms with Gasteiger partial charge in [0.2, 0.25) is 0 Å². The molecule has 0 aromatic heterocycles. The molecule has 26 heavy (non-hydrogen) atoms. The SMILES string of the molecule is Cc1ccc(OC2CC(N3C(=O)NC(C)(C)C3=O)C2)c2c1OCC21CC1. The minimum Gasteiger partial charge on any atom is -0.492 e. The molecule has 6 heteroatoms. The number of aryl methyl sites for hydroxylation is 1. The summed E-state index contributed by atoms with van der Waals surface area (Å²) in [5, 5.41) is 2.75. The summed E-state index contributed by atoms with van der Waals surface area (Å²) in [5.74, 6) is 1.76. The molecule has 6 nitrogen and oxygen atoms in total. The first-order valence-electron chi connectivity index (χ1n) is 9.40. The number of amides is 3. The van der Waals surface area contributed by atoms with Crippen molar-refractivity contribution >= 4 is 11.9 Å². The van der Waals surface area contributed by atoms with Crippen LogP contribution in [0.4, 0.5) is 4.79 Å². The zero-order valence-corrected chi connectivity index (χ0v) is 15.4. The van der Waals surface area contributed by atoms with Crippen molar-refractivity contribution in [3.8, 4) is 11.5 Å². The fourth-order valence-electron chi connectivity index (χ4n) is 4.41. The molecule has 3 amide bonds. The Morgan fingerprint density at radius 1 is 1.23 bits per heavy atom. The number of benzene rings is 1. The smallest absolute Gasteiger partial charge is 0.325 e. The first kappa shape index (κ1) is 16.0. The highest BCUT2D eigenvalue weighted by Crippen LogP contribution is 2.59. The van der Waals surface area contributed by atoms with E-state index in [-0.39, 0.29) is 29.5 Å². The van der Waals surface area contributed by atoms with Crippen LogP contribution in [0.25, 0.3) is 0 Å². The van der Waals surface area contributed by atoms with E-state index < -0.39 is 5.54 Å². The molecule has 1 N–H and O–H groups in total. The van der Waals surface area contributed by atoms with Crippen LogP contribution < -0.4 is 14.8 Å². The Morgan fingerprint density at radius 3 is 2.58 bits per heavy atom. The molecule has 1 aromatic carbocycles. The van der Waals surface area contributed by atoms with E-state index in [0.717, 1.165) is 36.5 Å². The van der Waals surface area contributed by atoms with Crippen molar-refractivity contribution in [2.75, 3.05) is 6.61 Å². The number of hydrogen-bond acceptors (Lipinski definition) is 4. The number of nitrogens with one attached hydrogen (secondary N) is 1. The van der Waals surface area contributed by atoms with Crippen LogP contribution >= 0.6 is 0 Å². The minimum absolute atomic E-state index is 0.0347. The number of rotatable bonds is 3. The molecule has 2 aliphatic heterocycles. The first-order valence-corrected chi connectivity index (χ1v) is 9.40. The lowest BCUT2D eigenvalue weighted by Gasteiger charge is -2.39. The maximum atomic E-state index is 12.4. The van der Waals surface area contributed by atoms with Gasteiger partial charge in [-0.2, -0.15) is 0 Å². The van der Waals surface area contributed by atoms with Crippen LogP contribution in [0.3, 0.4) is 0 Å². The number of imide groups is 1. The average molecular weight is 356 g/mol. The van der Waals surface area contributed by atoms with E-state index in [4.69, 9.17) is 9.47 Å². The van der Waals surface area contributed by atoms with Crippen molar-refractivity contribution in [3.05, 3.63) is 23.3 Å². The van der Waals surface area contributed by atoms with Crippen LogP contribution in [0.5, 0.6) is 11.5 Å². The molecule has 0 radical (unpaired) electrons. The highest BCUT2D eigenvalue weighted by atomic mass is 16.5. The average Bonchev–Trinajstić information content (AvgIpc) is 3.15. The molecule has 0 atom stereocenters. The Kier molecular flexibility index (Phi) is 3.03. The van der Waals surface area contributed by atoms with Crippen LogP contribution in [-0.4, -0.2) is 41.1 Å². The summed E-state index contributed by atoms with van der Waals surface area (Å²) >= 11 is 0. The Balaban J connectivity index is 1.30. The second-order valence-electron chi connectivity index (χ2n) is 8.75. The summed E-state index contributed by atoms with van der Waals surface area (Å²) in [4.78, 5) is 25.9. The van der Waals surface area contributed by atoms with Gasteiger partial charge in [0.1, 0.15) is 23.1 Å². The lowest BCUT2D eigenvalue weighted by Crippen LogP contribution is -2.52. The molecule has 2 heterocycles. The number of carbonyl (C=O) groups is 2. The highest BCUT2D eigenvalue weighted by molar-refractivity contribution is 6.06. The summed E-state index contributed by atoms with van der Waals surface area (Å²) < 4.78 is 12.2. The topological polar surface area (TPSA) is 67.9 Å². The summed E-state index contributed by atoms with van der Waals surface area (Å²) in [6.07, 6.45) is 3.72. The van der Waals surface area contributed by atoms with Crippen LogP contribution in [0.2, 0.25) is 0 Å². The predicted octanol–water partition coefficient (Wildman–Crippen LogP) is 2.66. The molecule has 1 saturated heterocycles. The van der Waals surface area contributed by atoms with Gasteiger partial charge in [0.05, 0.1) is 6.61 Å². The molecule has 0 bridgehead atoms. The van der Waals surface area contributed by atoms with E-state index >= 15 is 0 Å². The molecule has 0 unspecified atom stereocenters. The maximum absolute atomic E-state index is 12.4. The largest absolute Gasteiger partial charge is 0.492 e. The van der Waals surface area contributed by atoms with E-state index in [1.54, 1.807) is 13.8 Å². The highest BCUT2D eigenvalue weighted by Gasteiger charge is 2.54. The number of nitrogens with zero attached hydrogens (tertiary/aromatic N) is 1. The zero-order chi connectivity index (χ0) is 18.3. The maximum Gasteiger partial charge on any atom is 0.325 e. The van der Waals surface area contributed by atoms with E-state index in [1.165, 1.54) is 10.5 Å². The van der Waals surface area contributed by atoms with Gasteiger partial charge in [-0.15, -0.1) is 0 Å². The van der Waals surface area contributed by atoms with E-state index in [0.29, 0.717) is 12.8 Å². The number of urea groups is 1. The number of carbonyl (C=O) groups excluding carboxylic acids is 2. The van der Waals surface area contributed by atoms with E-state index in [2.05, 4.69) is 12.2 Å². The van der Waals surface area contributed by atoms with Gasteiger partial charge in [0.25, 0.3) is 5.91 Å². The Labute approximate surface area is 152 Å². The normalized spacial score (nSPS) is 29.9. The van der Waals surface area contributed by atoms with Crippen molar-refractivity contribution in [2.45, 2.75) is 69.6 Å². The van der Waals surface area contributed by atoms with E-state index in [1.807, 2.05) is 12.1 Å². The standard InChI is InChI=1S/C20H24N2O4/c1-11-4-5-14(15-16(11)25-10-20(15)6-7-20)26-13-8-12(9-13)22-17(23)19(2,3)21-18(22)24/h4-5,12-13H,6-10H2,1-3H3,(H,21,24). The third-order valence-electron chi connectivity index (χ3n) is 6.31. The van der Waals surface area contributed by atoms with Crippen molar-refractivity contribution in [1.29, 1.82) is 0 Å².